The van der Waals surface area contributed by atoms with Gasteiger partial charge >= 0.3 is 0 Å². The molecule has 4 rings (SSSR count). The molecule has 1 saturated heterocycles. The van der Waals surface area contributed by atoms with Crippen LogP contribution in [0.5, 0.6) is 0 Å². The number of carbonyl (C=O) groups excluding carboxylic acids is 1. The molecule has 1 amide bonds. The number of benzene rings is 1. The third kappa shape index (κ3) is 5.10. The number of fused-ring (bicyclic) bond motifs is 1. The summed E-state index contributed by atoms with van der Waals surface area (Å²) in [6, 6.07) is 6.32. The van der Waals surface area contributed by atoms with Crippen LogP contribution in [-0.2, 0) is 33.0 Å². The fourth-order valence-corrected chi connectivity index (χ4v) is 6.47. The van der Waals surface area contributed by atoms with Crippen molar-refractivity contribution in [3.63, 3.8) is 0 Å². The number of hydrogen-bond donors (Lipinski definition) is 1. The average Bonchev–Trinajstić information content (AvgIpc) is 3.06. The Labute approximate surface area is 206 Å². The molecule has 188 valence electrons. The minimum atomic E-state index is -3.62. The number of carbonyl (C=O) groups is 1. The Morgan fingerprint density at radius 2 is 1.71 bits per heavy atom. The quantitative estimate of drug-likeness (QED) is 0.558. The zero-order chi connectivity index (χ0) is 25.5. The summed E-state index contributed by atoms with van der Waals surface area (Å²) >= 11 is 0. The maximum absolute atomic E-state index is 13.0. The second-order valence-electron chi connectivity index (χ2n) is 9.36. The van der Waals surface area contributed by atoms with E-state index in [4.69, 9.17) is 9.72 Å². The van der Waals surface area contributed by atoms with E-state index in [9.17, 15) is 13.2 Å². The third-order valence-electron chi connectivity index (χ3n) is 6.49. The van der Waals surface area contributed by atoms with E-state index in [1.807, 2.05) is 41.7 Å². The number of aryl methyl sites for hydroxylation is 4. The first-order valence-electron chi connectivity index (χ1n) is 11.8. The Balaban J connectivity index is 1.42. The molecule has 0 spiro atoms. The molecule has 1 aliphatic heterocycles. The monoisotopic (exact) mass is 499 g/mol. The summed E-state index contributed by atoms with van der Waals surface area (Å²) in [4.78, 5) is 17.6. The van der Waals surface area contributed by atoms with Gasteiger partial charge in [-0.25, -0.2) is 13.4 Å². The predicted molar refractivity (Wildman–Crippen MR) is 135 cm³/mol. The van der Waals surface area contributed by atoms with E-state index < -0.39 is 10.0 Å². The third-order valence-corrected chi connectivity index (χ3v) is 8.34. The molecular formula is C25H33N5O4S. The summed E-state index contributed by atoms with van der Waals surface area (Å²) in [6.07, 6.45) is 0.535. The smallest absolute Gasteiger partial charge is 0.243 e. The lowest BCUT2D eigenvalue weighted by Crippen LogP contribution is -2.48. The molecule has 9 nitrogen and oxygen atoms in total. The van der Waals surface area contributed by atoms with Gasteiger partial charge in [0.1, 0.15) is 0 Å². The normalized spacial score (nSPS) is 19.3. The number of nitrogens with one attached hydrogen (secondary N) is 1. The Morgan fingerprint density at radius 3 is 2.34 bits per heavy atom. The molecule has 10 heteroatoms. The van der Waals surface area contributed by atoms with E-state index in [0.717, 1.165) is 33.5 Å². The molecule has 1 aromatic carbocycles. The first-order chi connectivity index (χ1) is 16.5. The fraction of sp³-hybridized carbons (Fsp3) is 0.480. The van der Waals surface area contributed by atoms with Crippen LogP contribution in [0.2, 0.25) is 0 Å². The summed E-state index contributed by atoms with van der Waals surface area (Å²) in [5.74, 6) is -0.141. The highest BCUT2D eigenvalue weighted by molar-refractivity contribution is 7.89. The molecule has 0 saturated carbocycles. The van der Waals surface area contributed by atoms with Gasteiger partial charge in [-0.3, -0.25) is 9.48 Å². The zero-order valence-electron chi connectivity index (χ0n) is 21.1. The minimum absolute atomic E-state index is 0.141. The van der Waals surface area contributed by atoms with Gasteiger partial charge in [0, 0.05) is 43.3 Å². The van der Waals surface area contributed by atoms with Crippen molar-refractivity contribution >= 4 is 32.7 Å². The molecule has 2 atom stereocenters. The minimum Gasteiger partial charge on any atom is -0.373 e. The van der Waals surface area contributed by atoms with E-state index in [2.05, 4.69) is 10.4 Å². The van der Waals surface area contributed by atoms with Gasteiger partial charge < -0.3 is 10.1 Å². The first-order valence-corrected chi connectivity index (χ1v) is 13.3. The Morgan fingerprint density at radius 1 is 1.09 bits per heavy atom. The predicted octanol–water partition coefficient (Wildman–Crippen LogP) is 3.26. The molecule has 1 fully saturated rings. The maximum Gasteiger partial charge on any atom is 0.243 e. The van der Waals surface area contributed by atoms with Crippen LogP contribution in [0.4, 0.5) is 5.69 Å². The van der Waals surface area contributed by atoms with Crippen LogP contribution >= 0.6 is 0 Å². The average molecular weight is 500 g/mol. The summed E-state index contributed by atoms with van der Waals surface area (Å²) in [6.45, 7) is 10.3. The molecule has 0 bridgehead atoms. The second kappa shape index (κ2) is 9.67. The van der Waals surface area contributed by atoms with Gasteiger partial charge in [0.2, 0.25) is 15.9 Å². The van der Waals surface area contributed by atoms with Crippen molar-refractivity contribution in [2.75, 3.05) is 18.4 Å². The number of amides is 1. The van der Waals surface area contributed by atoms with Crippen molar-refractivity contribution in [3.05, 3.63) is 46.8 Å². The number of nitrogens with zero attached hydrogens (tertiary/aromatic N) is 4. The molecule has 0 aliphatic carbocycles. The number of rotatable bonds is 6. The Hall–Kier alpha value is -2.82. The summed E-state index contributed by atoms with van der Waals surface area (Å²) in [5.41, 5.74) is 5.39. The molecule has 35 heavy (non-hydrogen) atoms. The number of aromatic nitrogens is 3. The van der Waals surface area contributed by atoms with Gasteiger partial charge in [0.05, 0.1) is 22.8 Å². The van der Waals surface area contributed by atoms with Crippen molar-refractivity contribution in [3.8, 4) is 0 Å². The number of sulfonamides is 1. The maximum atomic E-state index is 13.0. The highest BCUT2D eigenvalue weighted by Gasteiger charge is 2.32. The Kier molecular flexibility index (Phi) is 6.99. The van der Waals surface area contributed by atoms with Gasteiger partial charge in [-0.2, -0.15) is 9.40 Å². The summed E-state index contributed by atoms with van der Waals surface area (Å²) < 4.78 is 34.9. The van der Waals surface area contributed by atoms with Crippen LogP contribution in [0.15, 0.2) is 29.2 Å². The molecule has 3 aromatic rings. The largest absolute Gasteiger partial charge is 0.373 e. The highest BCUT2D eigenvalue weighted by Crippen LogP contribution is 2.26. The lowest BCUT2D eigenvalue weighted by atomic mass is 9.99. The van der Waals surface area contributed by atoms with E-state index in [1.54, 1.807) is 16.8 Å². The van der Waals surface area contributed by atoms with Crippen molar-refractivity contribution in [2.24, 2.45) is 7.05 Å². The molecule has 2 aromatic heterocycles. The van der Waals surface area contributed by atoms with E-state index in [-0.39, 0.29) is 29.4 Å². The molecule has 1 N–H and O–H groups in total. The van der Waals surface area contributed by atoms with Crippen molar-refractivity contribution in [1.29, 1.82) is 0 Å². The lowest BCUT2D eigenvalue weighted by molar-refractivity contribution is -0.116. The standard InChI is InChI=1S/C25H33N5O4S/c1-15-13-30(14-16(2)34-15)35(32,33)21-9-7-20(8-10-21)27-23(31)12-11-22-17(3)24-19(5)28-29(6)25(24)26-18(22)4/h7-10,15-16H,11-14H2,1-6H3,(H,27,31)/t15-,16-/m0/s1. The fourth-order valence-electron chi connectivity index (χ4n) is 4.88. The molecular weight excluding hydrogens is 466 g/mol. The van der Waals surface area contributed by atoms with Gasteiger partial charge in [-0.05, 0) is 76.4 Å². The van der Waals surface area contributed by atoms with Crippen LogP contribution in [0.25, 0.3) is 11.0 Å². The van der Waals surface area contributed by atoms with Gasteiger partial charge in [-0.1, -0.05) is 0 Å². The van der Waals surface area contributed by atoms with Gasteiger partial charge in [-0.15, -0.1) is 0 Å². The SMILES string of the molecule is Cc1nc2c(c(C)nn2C)c(C)c1CCC(=O)Nc1ccc(S(=O)(=O)N2C[C@H](C)O[C@@H](C)C2)cc1. The Bertz CT molecular complexity index is 1350. The van der Waals surface area contributed by atoms with E-state index in [1.165, 1.54) is 16.4 Å². The van der Waals surface area contributed by atoms with Gasteiger partial charge in [0.25, 0.3) is 0 Å². The van der Waals surface area contributed by atoms with Crippen LogP contribution in [0, 0.1) is 20.8 Å². The number of ether oxygens (including phenoxy) is 1. The summed E-state index contributed by atoms with van der Waals surface area (Å²) in [5, 5.41) is 8.38. The first kappa shape index (κ1) is 25.3. The summed E-state index contributed by atoms with van der Waals surface area (Å²) in [7, 11) is -1.74. The van der Waals surface area contributed by atoms with E-state index in [0.29, 0.717) is 25.2 Å². The van der Waals surface area contributed by atoms with Crippen molar-refractivity contribution < 1.29 is 17.9 Å². The van der Waals surface area contributed by atoms with Crippen LogP contribution < -0.4 is 5.32 Å². The van der Waals surface area contributed by atoms with Crippen molar-refractivity contribution in [2.45, 2.75) is 64.6 Å². The molecule has 0 radical (unpaired) electrons. The number of pyridine rings is 1. The van der Waals surface area contributed by atoms with Crippen LogP contribution in [0.3, 0.4) is 0 Å². The molecule has 0 unspecified atom stereocenters. The lowest BCUT2D eigenvalue weighted by Gasteiger charge is -2.34. The molecule has 1 aliphatic rings. The van der Waals surface area contributed by atoms with E-state index >= 15 is 0 Å². The van der Waals surface area contributed by atoms with Gasteiger partial charge in [0.15, 0.2) is 5.65 Å². The topological polar surface area (TPSA) is 106 Å². The van der Waals surface area contributed by atoms with Crippen LogP contribution in [0.1, 0.15) is 42.8 Å². The number of hydrogen-bond acceptors (Lipinski definition) is 6. The number of anilines is 1. The zero-order valence-corrected chi connectivity index (χ0v) is 21.9. The molecule has 3 heterocycles. The second-order valence-corrected chi connectivity index (χ2v) is 11.3. The van der Waals surface area contributed by atoms with Crippen molar-refractivity contribution in [1.82, 2.24) is 19.1 Å². The highest BCUT2D eigenvalue weighted by atomic mass is 32.2. The number of morpholine rings is 1. The van der Waals surface area contributed by atoms with Crippen LogP contribution in [-0.4, -0.2) is 58.7 Å².